The van der Waals surface area contributed by atoms with Gasteiger partial charge in [-0.2, -0.15) is 5.10 Å². The number of carbonyl (C=O) groups excluding carboxylic acids is 1. The molecule has 1 aromatic heterocycles. The van der Waals surface area contributed by atoms with Gasteiger partial charge in [-0.15, -0.1) is 0 Å². The van der Waals surface area contributed by atoms with Crippen molar-refractivity contribution in [3.8, 4) is 11.4 Å². The smallest absolute Gasteiger partial charge is 0.243 e. The molecule has 1 heterocycles. The monoisotopic (exact) mass is 313 g/mol. The maximum Gasteiger partial charge on any atom is 0.243 e. The molecule has 0 atom stereocenters. The molecular formula is C17H23N5O. The van der Waals surface area contributed by atoms with Crippen molar-refractivity contribution >= 4 is 5.91 Å². The Kier molecular flexibility index (Phi) is 6.05. The lowest BCUT2D eigenvalue weighted by Crippen LogP contribution is -2.24. The standard InChI is InChI=1S/C17H23N5O/c1-21(2)13-7-10-16(23)18-12-11-15-19-17(20-22(15)3)14-8-5-4-6-9-14/h4-10H,11-13H2,1-3H3,(H,18,23)/b10-7+. The molecule has 1 amide bonds. The van der Waals surface area contributed by atoms with E-state index in [1.165, 1.54) is 0 Å². The first-order valence-electron chi connectivity index (χ1n) is 7.60. The van der Waals surface area contributed by atoms with E-state index in [4.69, 9.17) is 0 Å². The van der Waals surface area contributed by atoms with Crippen molar-refractivity contribution in [1.82, 2.24) is 25.0 Å². The van der Waals surface area contributed by atoms with Crippen molar-refractivity contribution in [2.24, 2.45) is 7.05 Å². The molecule has 0 fully saturated rings. The van der Waals surface area contributed by atoms with Gasteiger partial charge in [-0.05, 0) is 14.1 Å². The summed E-state index contributed by atoms with van der Waals surface area (Å²) in [7, 11) is 5.79. The predicted molar refractivity (Wildman–Crippen MR) is 90.8 cm³/mol. The van der Waals surface area contributed by atoms with Crippen LogP contribution >= 0.6 is 0 Å². The fraction of sp³-hybridized carbons (Fsp3) is 0.353. The molecule has 0 unspecified atom stereocenters. The summed E-state index contributed by atoms with van der Waals surface area (Å²) in [4.78, 5) is 18.2. The highest BCUT2D eigenvalue weighted by atomic mass is 16.1. The Labute approximate surface area is 136 Å². The minimum Gasteiger partial charge on any atom is -0.352 e. The molecule has 2 rings (SSSR count). The van der Waals surface area contributed by atoms with E-state index in [2.05, 4.69) is 15.4 Å². The number of aromatic nitrogens is 3. The van der Waals surface area contributed by atoms with Gasteiger partial charge in [0.15, 0.2) is 5.82 Å². The Morgan fingerprint density at radius 1 is 1.30 bits per heavy atom. The van der Waals surface area contributed by atoms with Gasteiger partial charge in [0.05, 0.1) is 0 Å². The molecule has 1 N–H and O–H groups in total. The Morgan fingerprint density at radius 2 is 2.04 bits per heavy atom. The summed E-state index contributed by atoms with van der Waals surface area (Å²) in [6.07, 6.45) is 4.04. The van der Waals surface area contributed by atoms with Gasteiger partial charge in [0.1, 0.15) is 5.82 Å². The number of nitrogens with zero attached hydrogens (tertiary/aromatic N) is 4. The fourth-order valence-electron chi connectivity index (χ4n) is 2.07. The minimum atomic E-state index is -0.0858. The van der Waals surface area contributed by atoms with Gasteiger partial charge in [0.25, 0.3) is 0 Å². The van der Waals surface area contributed by atoms with Gasteiger partial charge in [0.2, 0.25) is 5.91 Å². The maximum atomic E-state index is 11.7. The number of rotatable bonds is 7. The largest absolute Gasteiger partial charge is 0.352 e. The molecule has 1 aromatic carbocycles. The van der Waals surface area contributed by atoms with Gasteiger partial charge in [-0.3, -0.25) is 9.48 Å². The van der Waals surface area contributed by atoms with E-state index in [0.29, 0.717) is 18.8 Å². The lowest BCUT2D eigenvalue weighted by molar-refractivity contribution is -0.116. The summed E-state index contributed by atoms with van der Waals surface area (Å²) >= 11 is 0. The van der Waals surface area contributed by atoms with Gasteiger partial charge in [-0.25, -0.2) is 4.98 Å². The number of benzene rings is 1. The average molecular weight is 313 g/mol. The van der Waals surface area contributed by atoms with E-state index in [9.17, 15) is 4.79 Å². The molecule has 0 aliphatic carbocycles. The Morgan fingerprint density at radius 3 is 2.74 bits per heavy atom. The molecule has 6 nitrogen and oxygen atoms in total. The van der Waals surface area contributed by atoms with Crippen LogP contribution < -0.4 is 5.32 Å². The van der Waals surface area contributed by atoms with Crippen LogP contribution in [0.15, 0.2) is 42.5 Å². The van der Waals surface area contributed by atoms with Crippen molar-refractivity contribution < 1.29 is 4.79 Å². The van der Waals surface area contributed by atoms with Crippen molar-refractivity contribution in [2.45, 2.75) is 6.42 Å². The quantitative estimate of drug-likeness (QED) is 0.782. The van der Waals surface area contributed by atoms with Crippen LogP contribution in [0.5, 0.6) is 0 Å². The summed E-state index contributed by atoms with van der Waals surface area (Å²) in [5.74, 6) is 1.47. The molecule has 0 bridgehead atoms. The van der Waals surface area contributed by atoms with E-state index in [1.54, 1.807) is 10.8 Å². The molecule has 0 saturated carbocycles. The van der Waals surface area contributed by atoms with Crippen molar-refractivity contribution in [1.29, 1.82) is 0 Å². The lowest BCUT2D eigenvalue weighted by atomic mass is 10.2. The first-order chi connectivity index (χ1) is 11.1. The third-order valence-electron chi connectivity index (χ3n) is 3.27. The number of carbonyl (C=O) groups is 1. The molecule has 23 heavy (non-hydrogen) atoms. The molecule has 122 valence electrons. The topological polar surface area (TPSA) is 63.1 Å². The van der Waals surface area contributed by atoms with E-state index in [1.807, 2.05) is 62.5 Å². The number of aryl methyl sites for hydroxylation is 1. The van der Waals surface area contributed by atoms with Gasteiger partial charge >= 0.3 is 0 Å². The molecule has 0 spiro atoms. The third kappa shape index (κ3) is 5.34. The second kappa shape index (κ2) is 8.24. The predicted octanol–water partition coefficient (Wildman–Crippen LogP) is 1.26. The maximum absolute atomic E-state index is 11.7. The van der Waals surface area contributed by atoms with Crippen LogP contribution in [0.3, 0.4) is 0 Å². The number of hydrogen-bond acceptors (Lipinski definition) is 4. The minimum absolute atomic E-state index is 0.0858. The fourth-order valence-corrected chi connectivity index (χ4v) is 2.07. The van der Waals surface area contributed by atoms with Gasteiger partial charge in [-0.1, -0.05) is 36.4 Å². The van der Waals surface area contributed by atoms with Crippen molar-refractivity contribution in [3.63, 3.8) is 0 Å². The molecule has 0 radical (unpaired) electrons. The molecule has 2 aromatic rings. The van der Waals surface area contributed by atoms with E-state index >= 15 is 0 Å². The molecular weight excluding hydrogens is 290 g/mol. The third-order valence-corrected chi connectivity index (χ3v) is 3.27. The van der Waals surface area contributed by atoms with E-state index < -0.39 is 0 Å². The number of amides is 1. The number of nitrogens with one attached hydrogen (secondary N) is 1. The van der Waals surface area contributed by atoms with E-state index in [0.717, 1.165) is 17.9 Å². The van der Waals surface area contributed by atoms with Crippen LogP contribution in [-0.4, -0.2) is 52.8 Å². The Balaban J connectivity index is 1.86. The van der Waals surface area contributed by atoms with Crippen LogP contribution in [-0.2, 0) is 18.3 Å². The normalized spacial score (nSPS) is 11.3. The lowest BCUT2D eigenvalue weighted by Gasteiger charge is -2.04. The first-order valence-corrected chi connectivity index (χ1v) is 7.60. The summed E-state index contributed by atoms with van der Waals surface area (Å²) in [5, 5.41) is 7.28. The van der Waals surface area contributed by atoms with Crippen LogP contribution in [0.2, 0.25) is 0 Å². The average Bonchev–Trinajstić information content (AvgIpc) is 2.89. The summed E-state index contributed by atoms with van der Waals surface area (Å²) in [5.41, 5.74) is 0.991. The molecule has 0 aliphatic rings. The highest BCUT2D eigenvalue weighted by Crippen LogP contribution is 2.14. The zero-order chi connectivity index (χ0) is 16.7. The highest BCUT2D eigenvalue weighted by molar-refractivity contribution is 5.87. The number of likely N-dealkylation sites (N-methyl/N-ethyl adjacent to an activating group) is 1. The van der Waals surface area contributed by atoms with Crippen molar-refractivity contribution in [2.75, 3.05) is 27.2 Å². The first kappa shape index (κ1) is 16.9. The molecule has 0 saturated heterocycles. The molecule has 6 heteroatoms. The van der Waals surface area contributed by atoms with Crippen LogP contribution in [0.1, 0.15) is 5.82 Å². The molecule has 0 aliphatic heterocycles. The van der Waals surface area contributed by atoms with Gasteiger partial charge in [0, 0.05) is 38.2 Å². The summed E-state index contributed by atoms with van der Waals surface area (Å²) in [6, 6.07) is 9.86. The second-order valence-electron chi connectivity index (χ2n) is 5.55. The van der Waals surface area contributed by atoms with Crippen LogP contribution in [0, 0.1) is 0 Å². The second-order valence-corrected chi connectivity index (χ2v) is 5.55. The van der Waals surface area contributed by atoms with E-state index in [-0.39, 0.29) is 5.91 Å². The van der Waals surface area contributed by atoms with Gasteiger partial charge < -0.3 is 10.2 Å². The Hall–Kier alpha value is -2.47. The number of hydrogen-bond donors (Lipinski definition) is 1. The van der Waals surface area contributed by atoms with Crippen LogP contribution in [0.4, 0.5) is 0 Å². The summed E-state index contributed by atoms with van der Waals surface area (Å²) in [6.45, 7) is 1.28. The van der Waals surface area contributed by atoms with Crippen LogP contribution in [0.25, 0.3) is 11.4 Å². The summed E-state index contributed by atoms with van der Waals surface area (Å²) < 4.78 is 1.76. The zero-order valence-corrected chi connectivity index (χ0v) is 13.9. The Bertz CT molecular complexity index is 661. The zero-order valence-electron chi connectivity index (χ0n) is 13.9. The SMILES string of the molecule is CN(C)C/C=C/C(=O)NCCc1nc(-c2ccccc2)nn1C. The highest BCUT2D eigenvalue weighted by Gasteiger charge is 2.08. The van der Waals surface area contributed by atoms with Crippen molar-refractivity contribution in [3.05, 3.63) is 48.3 Å².